The summed E-state index contributed by atoms with van der Waals surface area (Å²) in [5.41, 5.74) is 14.8. The van der Waals surface area contributed by atoms with Crippen LogP contribution in [0.5, 0.6) is 0 Å². The van der Waals surface area contributed by atoms with E-state index in [1.165, 1.54) is 50.1 Å². The zero-order valence-corrected chi connectivity index (χ0v) is 19.3. The first-order valence-corrected chi connectivity index (χ1v) is 11.1. The molecular formula is C30H31N. The first-order valence-electron chi connectivity index (χ1n) is 11.1. The Kier molecular flexibility index (Phi) is 5.78. The lowest BCUT2D eigenvalue weighted by Crippen LogP contribution is -2.02. The minimum absolute atomic E-state index is 0.997. The minimum Gasteiger partial charge on any atom is -0.261 e. The topological polar surface area (TPSA) is 12.4 Å². The van der Waals surface area contributed by atoms with Gasteiger partial charge in [0.2, 0.25) is 0 Å². The summed E-state index contributed by atoms with van der Waals surface area (Å²) < 4.78 is 0. The molecule has 1 aliphatic carbocycles. The summed E-state index contributed by atoms with van der Waals surface area (Å²) in [6.45, 7) is 15.4. The van der Waals surface area contributed by atoms with E-state index in [9.17, 15) is 0 Å². The Bertz CT molecular complexity index is 1240. The van der Waals surface area contributed by atoms with Crippen LogP contribution in [0, 0.1) is 27.7 Å². The number of hydrogen-bond donors (Lipinski definition) is 0. The molecule has 3 aromatic rings. The first-order chi connectivity index (χ1) is 14.9. The van der Waals surface area contributed by atoms with Crippen molar-refractivity contribution in [3.05, 3.63) is 99.6 Å². The van der Waals surface area contributed by atoms with Gasteiger partial charge < -0.3 is 0 Å². The zero-order valence-electron chi connectivity index (χ0n) is 19.3. The van der Waals surface area contributed by atoms with Crippen LogP contribution in [0.15, 0.2) is 60.1 Å². The van der Waals surface area contributed by atoms with Gasteiger partial charge in [-0.2, -0.15) is 0 Å². The number of fused-ring (bicyclic) bond motifs is 1. The van der Waals surface area contributed by atoms with Gasteiger partial charge >= 0.3 is 0 Å². The van der Waals surface area contributed by atoms with Gasteiger partial charge in [-0.3, -0.25) is 4.99 Å². The molecule has 0 heterocycles. The van der Waals surface area contributed by atoms with Gasteiger partial charge in [-0.15, -0.1) is 0 Å². The van der Waals surface area contributed by atoms with Crippen molar-refractivity contribution in [3.8, 4) is 11.1 Å². The third kappa shape index (κ3) is 3.81. The summed E-state index contributed by atoms with van der Waals surface area (Å²) in [7, 11) is 0. The molecule has 0 saturated carbocycles. The Morgan fingerprint density at radius 2 is 1.74 bits per heavy atom. The Hall–Kier alpha value is -3.19. The number of rotatable bonds is 4. The fraction of sp³-hybridized carbons (Fsp3) is 0.233. The quantitative estimate of drug-likeness (QED) is 0.387. The van der Waals surface area contributed by atoms with Crippen LogP contribution in [0.2, 0.25) is 0 Å². The summed E-state index contributed by atoms with van der Waals surface area (Å²) in [6, 6.07) is 15.5. The van der Waals surface area contributed by atoms with E-state index in [0.717, 1.165) is 29.7 Å². The van der Waals surface area contributed by atoms with Crippen molar-refractivity contribution in [2.24, 2.45) is 4.99 Å². The van der Waals surface area contributed by atoms with Gasteiger partial charge in [-0.1, -0.05) is 55.1 Å². The maximum Gasteiger partial charge on any atom is 0.0709 e. The van der Waals surface area contributed by atoms with Crippen LogP contribution < -0.4 is 0 Å². The molecule has 0 amide bonds. The van der Waals surface area contributed by atoms with Crippen molar-refractivity contribution in [3.63, 3.8) is 0 Å². The van der Waals surface area contributed by atoms with E-state index >= 15 is 0 Å². The number of hydrogen-bond acceptors (Lipinski definition) is 1. The molecule has 3 aromatic carbocycles. The molecular weight excluding hydrogens is 374 g/mol. The van der Waals surface area contributed by atoms with E-state index in [1.807, 2.05) is 13.1 Å². The van der Waals surface area contributed by atoms with Crippen LogP contribution in [-0.2, 0) is 6.42 Å². The van der Waals surface area contributed by atoms with Crippen molar-refractivity contribution in [2.75, 3.05) is 0 Å². The molecule has 0 bridgehead atoms. The van der Waals surface area contributed by atoms with Gasteiger partial charge in [0, 0.05) is 11.8 Å². The summed E-state index contributed by atoms with van der Waals surface area (Å²) >= 11 is 0. The number of nitrogens with zero attached hydrogens (tertiary/aromatic N) is 1. The smallest absolute Gasteiger partial charge is 0.0709 e. The van der Waals surface area contributed by atoms with Crippen LogP contribution in [-0.4, -0.2) is 6.21 Å². The van der Waals surface area contributed by atoms with Crippen molar-refractivity contribution in [1.29, 1.82) is 0 Å². The minimum atomic E-state index is 0.997. The average Bonchev–Trinajstić information content (AvgIpc) is 2.74. The van der Waals surface area contributed by atoms with Crippen LogP contribution in [0.4, 0.5) is 5.69 Å². The van der Waals surface area contributed by atoms with Crippen molar-refractivity contribution in [2.45, 2.75) is 47.5 Å². The molecule has 4 rings (SSSR count). The number of aryl methyl sites for hydroxylation is 4. The molecule has 0 N–H and O–H groups in total. The molecule has 0 fully saturated rings. The van der Waals surface area contributed by atoms with Crippen LogP contribution >= 0.6 is 0 Å². The Morgan fingerprint density at radius 3 is 2.48 bits per heavy atom. The summed E-state index contributed by atoms with van der Waals surface area (Å²) in [4.78, 5) is 4.75. The third-order valence-corrected chi connectivity index (χ3v) is 6.43. The first kappa shape index (κ1) is 21.1. The highest BCUT2D eigenvalue weighted by Crippen LogP contribution is 2.42. The molecule has 0 aliphatic heterocycles. The highest BCUT2D eigenvalue weighted by Gasteiger charge is 2.20. The largest absolute Gasteiger partial charge is 0.261 e. The molecule has 1 heteroatoms. The fourth-order valence-corrected chi connectivity index (χ4v) is 4.91. The molecule has 0 unspecified atom stereocenters. The monoisotopic (exact) mass is 405 g/mol. The molecule has 156 valence electrons. The molecule has 1 aliphatic rings. The predicted octanol–water partition coefficient (Wildman–Crippen LogP) is 8.33. The lowest BCUT2D eigenvalue weighted by atomic mass is 9.83. The van der Waals surface area contributed by atoms with Gasteiger partial charge in [0.15, 0.2) is 0 Å². The lowest BCUT2D eigenvalue weighted by molar-refractivity contribution is 0.982. The summed E-state index contributed by atoms with van der Waals surface area (Å²) in [6.07, 6.45) is 8.59. The van der Waals surface area contributed by atoms with Gasteiger partial charge in [0.05, 0.1) is 5.69 Å². The van der Waals surface area contributed by atoms with E-state index in [0.29, 0.717) is 0 Å². The maximum absolute atomic E-state index is 4.75. The van der Waals surface area contributed by atoms with Crippen LogP contribution in [0.3, 0.4) is 0 Å². The van der Waals surface area contributed by atoms with E-state index in [2.05, 4.69) is 88.9 Å². The molecule has 0 spiro atoms. The van der Waals surface area contributed by atoms with Gasteiger partial charge in [-0.25, -0.2) is 0 Å². The van der Waals surface area contributed by atoms with E-state index in [-0.39, 0.29) is 0 Å². The SMILES string of the molecule is C=C(c1cc2c(cc1C)C=CCC2)c1c(/N=C\C)cc(C)c(-c2ccccc2C)c1C. The summed E-state index contributed by atoms with van der Waals surface area (Å²) in [5, 5.41) is 0. The van der Waals surface area contributed by atoms with Crippen LogP contribution in [0.25, 0.3) is 22.8 Å². The zero-order chi connectivity index (χ0) is 22.1. The number of allylic oxidation sites excluding steroid dienone is 1. The van der Waals surface area contributed by atoms with E-state index in [1.54, 1.807) is 0 Å². The molecule has 31 heavy (non-hydrogen) atoms. The molecule has 0 atom stereocenters. The van der Waals surface area contributed by atoms with Gasteiger partial charge in [-0.05, 0) is 109 Å². The molecule has 1 nitrogen and oxygen atoms in total. The van der Waals surface area contributed by atoms with Crippen molar-refractivity contribution < 1.29 is 0 Å². The second-order valence-corrected chi connectivity index (χ2v) is 8.58. The fourth-order valence-electron chi connectivity index (χ4n) is 4.91. The normalized spacial score (nSPS) is 12.9. The summed E-state index contributed by atoms with van der Waals surface area (Å²) in [5.74, 6) is 0. The highest BCUT2D eigenvalue weighted by atomic mass is 14.7. The van der Waals surface area contributed by atoms with E-state index in [4.69, 9.17) is 4.99 Å². The molecule has 0 saturated heterocycles. The van der Waals surface area contributed by atoms with Crippen molar-refractivity contribution in [1.82, 2.24) is 0 Å². The average molecular weight is 406 g/mol. The second kappa shape index (κ2) is 8.51. The van der Waals surface area contributed by atoms with Gasteiger partial charge in [0.25, 0.3) is 0 Å². The number of aliphatic imine (C=N–C) groups is 1. The third-order valence-electron chi connectivity index (χ3n) is 6.43. The Labute approximate surface area is 186 Å². The standard InChI is InChI=1S/C30H31N/c1-7-31-28-17-21(4)29(26-15-11-8-12-19(26)2)23(6)30(28)22(5)27-18-25-14-10-9-13-24(25)16-20(27)3/h7-9,11-13,15-18H,5,10,14H2,1-4,6H3/b31-7-. The Balaban J connectivity index is 1.96. The van der Waals surface area contributed by atoms with Crippen molar-refractivity contribution >= 4 is 23.6 Å². The van der Waals surface area contributed by atoms with Gasteiger partial charge in [0.1, 0.15) is 0 Å². The highest BCUT2D eigenvalue weighted by molar-refractivity contribution is 5.92. The van der Waals surface area contributed by atoms with E-state index < -0.39 is 0 Å². The second-order valence-electron chi connectivity index (χ2n) is 8.58. The van der Waals surface area contributed by atoms with Crippen LogP contribution in [0.1, 0.15) is 57.9 Å². The molecule has 0 radical (unpaired) electrons. The Morgan fingerprint density at radius 1 is 0.968 bits per heavy atom. The predicted molar refractivity (Wildman–Crippen MR) is 137 cm³/mol. The number of benzene rings is 3. The maximum atomic E-state index is 4.75. The lowest BCUT2D eigenvalue weighted by Gasteiger charge is -2.22. The molecule has 0 aromatic heterocycles.